The summed E-state index contributed by atoms with van der Waals surface area (Å²) in [6, 6.07) is 4.43. The number of H-pyrrole nitrogens is 1. The molecule has 0 radical (unpaired) electrons. The lowest BCUT2D eigenvalue weighted by atomic mass is 10.1. The summed E-state index contributed by atoms with van der Waals surface area (Å²) in [6.45, 7) is 3.73. The fourth-order valence-electron chi connectivity index (χ4n) is 1.93. The summed E-state index contributed by atoms with van der Waals surface area (Å²) in [7, 11) is -3.60. The number of hydrogen-bond acceptors (Lipinski definition) is 4. The third-order valence-electron chi connectivity index (χ3n) is 3.16. The molecule has 1 heterocycles. The van der Waals surface area contributed by atoms with E-state index >= 15 is 0 Å². The number of aryl methyl sites for hydroxylation is 1. The predicted molar refractivity (Wildman–Crippen MR) is 77.6 cm³/mol. The molecule has 0 saturated heterocycles. The van der Waals surface area contributed by atoms with Gasteiger partial charge in [0, 0.05) is 23.5 Å². The van der Waals surface area contributed by atoms with E-state index in [4.69, 9.17) is 5.73 Å². The van der Waals surface area contributed by atoms with Gasteiger partial charge in [-0.3, -0.25) is 5.10 Å². The summed E-state index contributed by atoms with van der Waals surface area (Å²) in [6.07, 6.45) is 4.01. The minimum absolute atomic E-state index is 0.169. The number of aromatic nitrogens is 2. The van der Waals surface area contributed by atoms with E-state index in [1.165, 1.54) is 6.07 Å². The molecule has 0 fully saturated rings. The van der Waals surface area contributed by atoms with Crippen LogP contribution < -0.4 is 10.5 Å². The van der Waals surface area contributed by atoms with Crippen molar-refractivity contribution < 1.29 is 8.42 Å². The summed E-state index contributed by atoms with van der Waals surface area (Å²) in [5, 5.41) is 6.46. The molecule has 0 bridgehead atoms. The van der Waals surface area contributed by atoms with Crippen molar-refractivity contribution in [2.75, 3.05) is 5.73 Å². The summed E-state index contributed by atoms with van der Waals surface area (Å²) in [5.74, 6) is 0. The number of nitrogens with one attached hydrogen (secondary N) is 2. The molecule has 1 aromatic carbocycles. The van der Waals surface area contributed by atoms with Crippen LogP contribution in [0.15, 0.2) is 35.5 Å². The Hall–Kier alpha value is -1.86. The Labute approximate surface area is 118 Å². The van der Waals surface area contributed by atoms with Crippen molar-refractivity contribution in [3.8, 4) is 0 Å². The first-order chi connectivity index (χ1) is 9.44. The third kappa shape index (κ3) is 3.00. The lowest BCUT2D eigenvalue weighted by molar-refractivity contribution is 0.567. The van der Waals surface area contributed by atoms with Gasteiger partial charge in [0.25, 0.3) is 0 Å². The highest BCUT2D eigenvalue weighted by atomic mass is 32.2. The van der Waals surface area contributed by atoms with E-state index in [1.54, 1.807) is 31.5 Å². The van der Waals surface area contributed by atoms with E-state index in [-0.39, 0.29) is 10.9 Å². The van der Waals surface area contributed by atoms with Gasteiger partial charge in [-0.05, 0) is 31.0 Å². The Bertz CT molecular complexity index is 680. The molecule has 0 aliphatic heterocycles. The van der Waals surface area contributed by atoms with E-state index in [0.717, 1.165) is 17.5 Å². The maximum Gasteiger partial charge on any atom is 0.241 e. The first-order valence-electron chi connectivity index (χ1n) is 6.33. The van der Waals surface area contributed by atoms with Crippen LogP contribution in [0.3, 0.4) is 0 Å². The zero-order valence-electron chi connectivity index (χ0n) is 11.4. The number of nitrogens with zero attached hydrogens (tertiary/aromatic N) is 1. The first-order valence-corrected chi connectivity index (χ1v) is 7.81. The molecule has 0 aliphatic carbocycles. The van der Waals surface area contributed by atoms with Gasteiger partial charge in [-0.2, -0.15) is 5.10 Å². The summed E-state index contributed by atoms with van der Waals surface area (Å²) >= 11 is 0. The zero-order chi connectivity index (χ0) is 14.8. The maximum atomic E-state index is 12.3. The van der Waals surface area contributed by atoms with Crippen molar-refractivity contribution in [3.05, 3.63) is 41.7 Å². The molecule has 0 aliphatic rings. The Morgan fingerprint density at radius 3 is 2.75 bits per heavy atom. The molecule has 108 valence electrons. The molecule has 6 nitrogen and oxygen atoms in total. The van der Waals surface area contributed by atoms with Crippen LogP contribution in [0.2, 0.25) is 0 Å². The van der Waals surface area contributed by atoms with Crippen molar-refractivity contribution in [2.24, 2.45) is 0 Å². The molecule has 1 aromatic heterocycles. The van der Waals surface area contributed by atoms with Crippen molar-refractivity contribution >= 4 is 15.7 Å². The van der Waals surface area contributed by atoms with Gasteiger partial charge in [-0.15, -0.1) is 0 Å². The molecule has 20 heavy (non-hydrogen) atoms. The van der Waals surface area contributed by atoms with Gasteiger partial charge in [0.1, 0.15) is 0 Å². The van der Waals surface area contributed by atoms with Crippen LogP contribution in [-0.2, 0) is 16.4 Å². The third-order valence-corrected chi connectivity index (χ3v) is 4.70. The average molecular weight is 294 g/mol. The standard InChI is InChI=1S/C13H18N4O2S/c1-3-10-4-5-12(6-13(10)14)20(18,19)17-9(2)11-7-15-16-8-11/h4-9,17H,3,14H2,1-2H3,(H,15,16). The van der Waals surface area contributed by atoms with Crippen LogP contribution >= 0.6 is 0 Å². The Morgan fingerprint density at radius 2 is 2.20 bits per heavy atom. The van der Waals surface area contributed by atoms with E-state index in [9.17, 15) is 8.42 Å². The van der Waals surface area contributed by atoms with Gasteiger partial charge in [-0.1, -0.05) is 13.0 Å². The Morgan fingerprint density at radius 1 is 1.45 bits per heavy atom. The molecule has 7 heteroatoms. The lowest BCUT2D eigenvalue weighted by Gasteiger charge is -2.13. The van der Waals surface area contributed by atoms with E-state index in [2.05, 4.69) is 14.9 Å². The Kier molecular flexibility index (Phi) is 4.10. The normalized spacial score (nSPS) is 13.3. The second-order valence-corrected chi connectivity index (χ2v) is 6.30. The second kappa shape index (κ2) is 5.64. The molecule has 4 N–H and O–H groups in total. The number of anilines is 1. The van der Waals surface area contributed by atoms with Crippen LogP contribution in [0.5, 0.6) is 0 Å². The van der Waals surface area contributed by atoms with Crippen LogP contribution in [0.1, 0.15) is 31.0 Å². The SMILES string of the molecule is CCc1ccc(S(=O)(=O)NC(C)c2cn[nH]c2)cc1N. The molecule has 1 unspecified atom stereocenters. The largest absolute Gasteiger partial charge is 0.398 e. The van der Waals surface area contributed by atoms with Crippen LogP contribution in [0.25, 0.3) is 0 Å². The van der Waals surface area contributed by atoms with Gasteiger partial charge in [-0.25, -0.2) is 13.1 Å². The van der Waals surface area contributed by atoms with E-state index in [1.807, 2.05) is 6.92 Å². The van der Waals surface area contributed by atoms with Gasteiger partial charge >= 0.3 is 0 Å². The van der Waals surface area contributed by atoms with Gasteiger partial charge in [0.05, 0.1) is 11.1 Å². The fraction of sp³-hybridized carbons (Fsp3) is 0.308. The fourth-order valence-corrected chi connectivity index (χ4v) is 3.20. The lowest BCUT2D eigenvalue weighted by Crippen LogP contribution is -2.26. The highest BCUT2D eigenvalue weighted by Crippen LogP contribution is 2.20. The smallest absolute Gasteiger partial charge is 0.241 e. The van der Waals surface area contributed by atoms with Gasteiger partial charge in [0.15, 0.2) is 0 Å². The van der Waals surface area contributed by atoms with Crippen molar-refractivity contribution in [3.63, 3.8) is 0 Å². The van der Waals surface area contributed by atoms with Gasteiger partial charge < -0.3 is 5.73 Å². The monoisotopic (exact) mass is 294 g/mol. The summed E-state index contributed by atoms with van der Waals surface area (Å²) in [5.41, 5.74) is 8.05. The van der Waals surface area contributed by atoms with Crippen molar-refractivity contribution in [1.29, 1.82) is 0 Å². The van der Waals surface area contributed by atoms with Crippen molar-refractivity contribution in [1.82, 2.24) is 14.9 Å². The summed E-state index contributed by atoms with van der Waals surface area (Å²) < 4.78 is 27.2. The van der Waals surface area contributed by atoms with Crippen LogP contribution in [-0.4, -0.2) is 18.6 Å². The molecule has 2 aromatic rings. The van der Waals surface area contributed by atoms with Crippen LogP contribution in [0, 0.1) is 0 Å². The number of hydrogen-bond donors (Lipinski definition) is 3. The Balaban J connectivity index is 2.24. The highest BCUT2D eigenvalue weighted by Gasteiger charge is 2.19. The van der Waals surface area contributed by atoms with Gasteiger partial charge in [0.2, 0.25) is 10.0 Å². The molecule has 2 rings (SSSR count). The molecule has 0 amide bonds. The topological polar surface area (TPSA) is 101 Å². The van der Waals surface area contributed by atoms with Crippen molar-refractivity contribution in [2.45, 2.75) is 31.2 Å². The predicted octanol–water partition coefficient (Wildman–Crippen LogP) is 1.59. The number of nitrogens with two attached hydrogens (primary N) is 1. The second-order valence-electron chi connectivity index (χ2n) is 4.59. The summed E-state index contributed by atoms with van der Waals surface area (Å²) in [4.78, 5) is 0.169. The number of nitrogen functional groups attached to an aromatic ring is 1. The quantitative estimate of drug-likeness (QED) is 0.729. The average Bonchev–Trinajstić information content (AvgIpc) is 2.92. The highest BCUT2D eigenvalue weighted by molar-refractivity contribution is 7.89. The zero-order valence-corrected chi connectivity index (χ0v) is 12.2. The van der Waals surface area contributed by atoms with E-state index < -0.39 is 10.0 Å². The minimum Gasteiger partial charge on any atom is -0.398 e. The molecule has 0 spiro atoms. The number of rotatable bonds is 5. The number of benzene rings is 1. The molecular weight excluding hydrogens is 276 g/mol. The van der Waals surface area contributed by atoms with E-state index in [0.29, 0.717) is 5.69 Å². The first kappa shape index (κ1) is 14.5. The molecular formula is C13H18N4O2S. The molecule has 1 atom stereocenters. The molecule has 0 saturated carbocycles. The number of aromatic amines is 1. The number of sulfonamides is 1. The minimum atomic E-state index is -3.60. The van der Waals surface area contributed by atoms with Crippen LogP contribution in [0.4, 0.5) is 5.69 Å². The maximum absolute atomic E-state index is 12.3.